The maximum Gasteiger partial charge on any atom is 0.234 e. The van der Waals surface area contributed by atoms with E-state index in [1.54, 1.807) is 18.2 Å². The molecule has 0 bridgehead atoms. The zero-order chi connectivity index (χ0) is 18.2. The van der Waals surface area contributed by atoms with Crippen molar-refractivity contribution in [1.29, 1.82) is 0 Å². The highest BCUT2D eigenvalue weighted by molar-refractivity contribution is 7.99. The molecule has 0 saturated heterocycles. The Morgan fingerprint density at radius 3 is 2.48 bits per heavy atom. The Morgan fingerprint density at radius 1 is 1.12 bits per heavy atom. The lowest BCUT2D eigenvalue weighted by atomic mass is 10.2. The van der Waals surface area contributed by atoms with Crippen LogP contribution in [-0.4, -0.2) is 24.7 Å². The fourth-order valence-corrected chi connectivity index (χ4v) is 3.03. The van der Waals surface area contributed by atoms with Gasteiger partial charge in [0, 0.05) is 23.4 Å². The van der Waals surface area contributed by atoms with E-state index in [0.717, 1.165) is 11.3 Å². The van der Waals surface area contributed by atoms with Gasteiger partial charge in [0.1, 0.15) is 5.75 Å². The summed E-state index contributed by atoms with van der Waals surface area (Å²) >= 11 is 7.36. The fraction of sp³-hybridized carbons (Fsp3) is 0.222. The first kappa shape index (κ1) is 19.1. The summed E-state index contributed by atoms with van der Waals surface area (Å²) in [5, 5.41) is 6.19. The number of methoxy groups -OCH3 is 1. The average Bonchev–Trinajstić information content (AvgIpc) is 2.56. The number of anilines is 2. The molecule has 2 aromatic rings. The van der Waals surface area contributed by atoms with E-state index in [1.165, 1.54) is 25.8 Å². The summed E-state index contributed by atoms with van der Waals surface area (Å²) in [4.78, 5) is 23.3. The Bertz CT molecular complexity index is 750. The van der Waals surface area contributed by atoms with Gasteiger partial charge in [0.2, 0.25) is 11.8 Å². The first-order valence-electron chi connectivity index (χ1n) is 7.55. The maximum absolute atomic E-state index is 12.1. The number of carbonyl (C=O) groups is 2. The minimum absolute atomic E-state index is 0.113. The van der Waals surface area contributed by atoms with E-state index in [0.29, 0.717) is 27.9 Å². The Balaban J connectivity index is 1.89. The average molecular weight is 379 g/mol. The van der Waals surface area contributed by atoms with Crippen LogP contribution in [0.4, 0.5) is 11.4 Å². The van der Waals surface area contributed by atoms with Crippen molar-refractivity contribution in [3.8, 4) is 5.75 Å². The van der Waals surface area contributed by atoms with E-state index in [9.17, 15) is 9.59 Å². The monoisotopic (exact) mass is 378 g/mol. The van der Waals surface area contributed by atoms with Gasteiger partial charge in [-0.2, -0.15) is 0 Å². The molecule has 0 radical (unpaired) electrons. The van der Waals surface area contributed by atoms with Crippen LogP contribution in [0.5, 0.6) is 5.75 Å². The van der Waals surface area contributed by atoms with Crippen LogP contribution >= 0.6 is 23.4 Å². The summed E-state index contributed by atoms with van der Waals surface area (Å²) in [6.45, 7) is 1.41. The number of benzene rings is 2. The van der Waals surface area contributed by atoms with E-state index in [4.69, 9.17) is 16.3 Å². The van der Waals surface area contributed by atoms with Gasteiger partial charge in [-0.3, -0.25) is 9.59 Å². The number of amides is 2. The predicted molar refractivity (Wildman–Crippen MR) is 104 cm³/mol. The van der Waals surface area contributed by atoms with Crippen LogP contribution in [0.1, 0.15) is 12.5 Å². The molecule has 0 aromatic heterocycles. The van der Waals surface area contributed by atoms with Gasteiger partial charge in [-0.15, -0.1) is 11.8 Å². The maximum atomic E-state index is 12.1. The molecule has 2 amide bonds. The Hall–Kier alpha value is -2.18. The molecule has 2 N–H and O–H groups in total. The van der Waals surface area contributed by atoms with E-state index in [1.807, 2.05) is 24.3 Å². The highest BCUT2D eigenvalue weighted by Gasteiger charge is 2.08. The summed E-state index contributed by atoms with van der Waals surface area (Å²) < 4.78 is 5.19. The molecular weight excluding hydrogens is 360 g/mol. The minimum Gasteiger partial charge on any atom is -0.495 e. The molecule has 0 spiro atoms. The standard InChI is InChI=1S/C18H19ClN2O3S/c1-12(22)20-16-9-15(7-8-17(16)24-2)21-18(23)11-25-10-13-3-5-14(19)6-4-13/h3-9H,10-11H2,1-2H3,(H,20,22)(H,21,23). The second-order valence-electron chi connectivity index (χ2n) is 5.26. The third-order valence-electron chi connectivity index (χ3n) is 3.21. The molecule has 0 heterocycles. The number of nitrogens with one attached hydrogen (secondary N) is 2. The minimum atomic E-state index is -0.208. The van der Waals surface area contributed by atoms with Crippen molar-refractivity contribution in [2.45, 2.75) is 12.7 Å². The van der Waals surface area contributed by atoms with Gasteiger partial charge in [-0.05, 0) is 35.9 Å². The smallest absolute Gasteiger partial charge is 0.234 e. The Labute approximate surface area is 156 Å². The highest BCUT2D eigenvalue weighted by atomic mass is 35.5. The second-order valence-corrected chi connectivity index (χ2v) is 6.69. The van der Waals surface area contributed by atoms with Gasteiger partial charge in [0.25, 0.3) is 0 Å². The molecule has 5 nitrogen and oxygen atoms in total. The molecule has 0 atom stereocenters. The molecule has 0 unspecified atom stereocenters. The van der Waals surface area contributed by atoms with Crippen LogP contribution in [0.15, 0.2) is 42.5 Å². The fourth-order valence-electron chi connectivity index (χ4n) is 2.11. The summed E-state index contributed by atoms with van der Waals surface area (Å²) in [6, 6.07) is 12.6. The molecule has 0 aliphatic carbocycles. The van der Waals surface area contributed by atoms with Gasteiger partial charge in [0.05, 0.1) is 18.6 Å². The lowest BCUT2D eigenvalue weighted by molar-refractivity contribution is -0.114. The summed E-state index contributed by atoms with van der Waals surface area (Å²) in [6.07, 6.45) is 0. The summed E-state index contributed by atoms with van der Waals surface area (Å²) in [5.41, 5.74) is 2.22. The predicted octanol–water partition coefficient (Wildman–Crippen LogP) is 4.18. The molecule has 0 aliphatic rings. The molecular formula is C18H19ClN2O3S. The number of hydrogen-bond donors (Lipinski definition) is 2. The van der Waals surface area contributed by atoms with Crippen molar-refractivity contribution in [3.05, 3.63) is 53.1 Å². The third kappa shape index (κ3) is 6.32. The topological polar surface area (TPSA) is 67.4 Å². The number of ether oxygens (including phenoxy) is 1. The largest absolute Gasteiger partial charge is 0.495 e. The van der Waals surface area contributed by atoms with E-state index >= 15 is 0 Å². The molecule has 0 saturated carbocycles. The van der Waals surface area contributed by atoms with Gasteiger partial charge < -0.3 is 15.4 Å². The number of thioether (sulfide) groups is 1. The third-order valence-corrected chi connectivity index (χ3v) is 4.46. The van der Waals surface area contributed by atoms with Crippen LogP contribution in [0.2, 0.25) is 5.02 Å². The SMILES string of the molecule is COc1ccc(NC(=O)CSCc2ccc(Cl)cc2)cc1NC(C)=O. The molecule has 132 valence electrons. The van der Waals surface area contributed by atoms with Crippen molar-refractivity contribution in [2.24, 2.45) is 0 Å². The summed E-state index contributed by atoms with van der Waals surface area (Å²) in [5.74, 6) is 1.26. The molecule has 2 aromatic carbocycles. The zero-order valence-electron chi connectivity index (χ0n) is 14.0. The van der Waals surface area contributed by atoms with Crippen LogP contribution in [0.3, 0.4) is 0 Å². The van der Waals surface area contributed by atoms with Crippen LogP contribution in [0, 0.1) is 0 Å². The summed E-state index contributed by atoms with van der Waals surface area (Å²) in [7, 11) is 1.52. The Kier molecular flexibility index (Phi) is 7.16. The normalized spacial score (nSPS) is 10.2. The van der Waals surface area contributed by atoms with Crippen LogP contribution < -0.4 is 15.4 Å². The lowest BCUT2D eigenvalue weighted by Crippen LogP contribution is -2.15. The quantitative estimate of drug-likeness (QED) is 0.758. The molecule has 0 fully saturated rings. The van der Waals surface area contributed by atoms with Gasteiger partial charge in [-0.25, -0.2) is 0 Å². The second kappa shape index (κ2) is 9.34. The number of halogens is 1. The number of rotatable bonds is 7. The first-order chi connectivity index (χ1) is 12.0. The van der Waals surface area contributed by atoms with E-state index in [-0.39, 0.29) is 11.8 Å². The molecule has 25 heavy (non-hydrogen) atoms. The Morgan fingerprint density at radius 2 is 1.84 bits per heavy atom. The highest BCUT2D eigenvalue weighted by Crippen LogP contribution is 2.28. The number of carbonyl (C=O) groups excluding carboxylic acids is 2. The van der Waals surface area contributed by atoms with Crippen molar-refractivity contribution < 1.29 is 14.3 Å². The zero-order valence-corrected chi connectivity index (χ0v) is 15.5. The van der Waals surface area contributed by atoms with Crippen molar-refractivity contribution in [2.75, 3.05) is 23.5 Å². The number of hydrogen-bond acceptors (Lipinski definition) is 4. The molecule has 7 heteroatoms. The van der Waals surface area contributed by atoms with E-state index < -0.39 is 0 Å². The molecule has 2 rings (SSSR count). The van der Waals surface area contributed by atoms with Crippen molar-refractivity contribution >= 4 is 46.6 Å². The van der Waals surface area contributed by atoms with Crippen LogP contribution in [0.25, 0.3) is 0 Å². The lowest BCUT2D eigenvalue weighted by Gasteiger charge is -2.12. The molecule has 0 aliphatic heterocycles. The van der Waals surface area contributed by atoms with Crippen molar-refractivity contribution in [1.82, 2.24) is 0 Å². The van der Waals surface area contributed by atoms with Gasteiger partial charge in [-0.1, -0.05) is 23.7 Å². The van der Waals surface area contributed by atoms with Crippen molar-refractivity contribution in [3.63, 3.8) is 0 Å². The van der Waals surface area contributed by atoms with Gasteiger partial charge in [0.15, 0.2) is 0 Å². The van der Waals surface area contributed by atoms with Gasteiger partial charge >= 0.3 is 0 Å². The first-order valence-corrected chi connectivity index (χ1v) is 9.09. The van der Waals surface area contributed by atoms with E-state index in [2.05, 4.69) is 10.6 Å². The van der Waals surface area contributed by atoms with Crippen LogP contribution in [-0.2, 0) is 15.3 Å².